The Bertz CT molecular complexity index is 347. The van der Waals surface area contributed by atoms with Crippen molar-refractivity contribution in [2.75, 3.05) is 12.3 Å². The fraction of sp³-hybridized carbons (Fsp3) is 0.571. The van der Waals surface area contributed by atoms with Gasteiger partial charge in [-0.3, -0.25) is 0 Å². The molecule has 0 aromatic carbocycles. The normalized spacial score (nSPS) is 11.8. The fourth-order valence-corrected chi connectivity index (χ4v) is 2.07. The van der Waals surface area contributed by atoms with E-state index < -0.39 is 10.0 Å². The summed E-state index contributed by atoms with van der Waals surface area (Å²) in [6.07, 6.45) is 2.27. The van der Waals surface area contributed by atoms with Gasteiger partial charge in [0.25, 0.3) is 0 Å². The minimum Gasteiger partial charge on any atom is -0.310 e. The van der Waals surface area contributed by atoms with Crippen LogP contribution in [-0.2, 0) is 16.6 Å². The standard InChI is InChI=1S/C7H13N3O2S2/c8-14(11,12)5-1-2-9-6-7-10-3-4-13-7/h3-4,9H,1-2,5-6H2,(H2,8,11,12). The van der Waals surface area contributed by atoms with Gasteiger partial charge in [0.05, 0.1) is 5.75 Å². The van der Waals surface area contributed by atoms with Gasteiger partial charge in [-0.2, -0.15) is 0 Å². The Hall–Kier alpha value is -0.500. The summed E-state index contributed by atoms with van der Waals surface area (Å²) in [7, 11) is -3.31. The summed E-state index contributed by atoms with van der Waals surface area (Å²) in [6.45, 7) is 1.32. The lowest BCUT2D eigenvalue weighted by Gasteiger charge is -2.00. The zero-order valence-electron chi connectivity index (χ0n) is 7.64. The number of hydrogen-bond acceptors (Lipinski definition) is 5. The van der Waals surface area contributed by atoms with Crippen molar-refractivity contribution in [3.63, 3.8) is 0 Å². The van der Waals surface area contributed by atoms with Gasteiger partial charge in [0, 0.05) is 18.1 Å². The highest BCUT2D eigenvalue weighted by molar-refractivity contribution is 7.89. The van der Waals surface area contributed by atoms with E-state index in [0.717, 1.165) is 5.01 Å². The molecule has 0 fully saturated rings. The molecule has 0 unspecified atom stereocenters. The molecule has 80 valence electrons. The topological polar surface area (TPSA) is 85.1 Å². The number of rotatable bonds is 6. The van der Waals surface area contributed by atoms with Gasteiger partial charge in [-0.15, -0.1) is 11.3 Å². The highest BCUT2D eigenvalue weighted by atomic mass is 32.2. The first-order chi connectivity index (χ1) is 6.58. The number of hydrogen-bond donors (Lipinski definition) is 2. The quantitative estimate of drug-likeness (QED) is 0.675. The first-order valence-electron chi connectivity index (χ1n) is 4.17. The SMILES string of the molecule is NS(=O)(=O)CCCNCc1nccs1. The fourth-order valence-electron chi connectivity index (χ4n) is 0.934. The smallest absolute Gasteiger partial charge is 0.209 e. The van der Waals surface area contributed by atoms with Gasteiger partial charge in [-0.1, -0.05) is 0 Å². The Morgan fingerprint density at radius 1 is 1.57 bits per heavy atom. The molecular weight excluding hydrogens is 222 g/mol. The third kappa shape index (κ3) is 5.28. The number of nitrogens with two attached hydrogens (primary N) is 1. The predicted molar refractivity (Wildman–Crippen MR) is 56.4 cm³/mol. The van der Waals surface area contributed by atoms with Crippen molar-refractivity contribution < 1.29 is 8.42 Å². The van der Waals surface area contributed by atoms with Crippen LogP contribution in [0.3, 0.4) is 0 Å². The number of nitrogens with one attached hydrogen (secondary N) is 1. The van der Waals surface area contributed by atoms with E-state index in [1.54, 1.807) is 17.5 Å². The van der Waals surface area contributed by atoms with Crippen LogP contribution in [0.15, 0.2) is 11.6 Å². The molecule has 0 aliphatic carbocycles. The number of thiazole rings is 1. The van der Waals surface area contributed by atoms with Crippen LogP contribution in [0, 0.1) is 0 Å². The zero-order valence-corrected chi connectivity index (χ0v) is 9.27. The minimum absolute atomic E-state index is 0.0257. The third-order valence-corrected chi connectivity index (χ3v) is 3.18. The maximum absolute atomic E-state index is 10.6. The third-order valence-electron chi connectivity index (χ3n) is 1.54. The van der Waals surface area contributed by atoms with Gasteiger partial charge in [0.15, 0.2) is 0 Å². The summed E-state index contributed by atoms with van der Waals surface area (Å²) in [5.41, 5.74) is 0. The molecule has 0 saturated carbocycles. The van der Waals surface area contributed by atoms with Gasteiger partial charge in [0.2, 0.25) is 10.0 Å². The van der Waals surface area contributed by atoms with Gasteiger partial charge in [0.1, 0.15) is 5.01 Å². The molecule has 0 bridgehead atoms. The molecule has 1 rings (SSSR count). The van der Waals surface area contributed by atoms with Crippen molar-refractivity contribution in [2.24, 2.45) is 5.14 Å². The molecule has 0 spiro atoms. The van der Waals surface area contributed by atoms with Crippen LogP contribution in [0.25, 0.3) is 0 Å². The molecule has 1 aromatic rings. The lowest BCUT2D eigenvalue weighted by Crippen LogP contribution is -2.21. The number of nitrogens with zero attached hydrogens (tertiary/aromatic N) is 1. The Morgan fingerprint density at radius 3 is 2.93 bits per heavy atom. The predicted octanol–water partition coefficient (Wildman–Crippen LogP) is -0.0887. The largest absolute Gasteiger partial charge is 0.310 e. The van der Waals surface area contributed by atoms with Crippen molar-refractivity contribution in [3.8, 4) is 0 Å². The maximum Gasteiger partial charge on any atom is 0.209 e. The first-order valence-corrected chi connectivity index (χ1v) is 6.77. The second-order valence-corrected chi connectivity index (χ2v) is 5.54. The van der Waals surface area contributed by atoms with Crippen LogP contribution < -0.4 is 10.5 Å². The van der Waals surface area contributed by atoms with Crippen molar-refractivity contribution >= 4 is 21.4 Å². The molecule has 1 heterocycles. The van der Waals surface area contributed by atoms with E-state index in [1.807, 2.05) is 5.38 Å². The molecule has 0 saturated heterocycles. The van der Waals surface area contributed by atoms with Gasteiger partial charge in [-0.05, 0) is 13.0 Å². The second-order valence-electron chi connectivity index (χ2n) is 2.82. The lowest BCUT2D eigenvalue weighted by molar-refractivity contribution is 0.590. The van der Waals surface area contributed by atoms with Crippen LogP contribution >= 0.6 is 11.3 Å². The van der Waals surface area contributed by atoms with Gasteiger partial charge < -0.3 is 5.32 Å². The average Bonchev–Trinajstić information content (AvgIpc) is 2.54. The van der Waals surface area contributed by atoms with Crippen LogP contribution in [0.4, 0.5) is 0 Å². The van der Waals surface area contributed by atoms with E-state index in [1.165, 1.54) is 0 Å². The number of primary sulfonamides is 1. The average molecular weight is 235 g/mol. The Kier molecular flexibility index (Phi) is 4.46. The van der Waals surface area contributed by atoms with Crippen LogP contribution in [0.5, 0.6) is 0 Å². The maximum atomic E-state index is 10.6. The van der Waals surface area contributed by atoms with Gasteiger partial charge in [-0.25, -0.2) is 18.5 Å². The molecule has 0 aliphatic rings. The molecule has 5 nitrogen and oxygen atoms in total. The molecule has 0 atom stereocenters. The van der Waals surface area contributed by atoms with E-state index in [9.17, 15) is 8.42 Å². The van der Waals surface area contributed by atoms with Crippen molar-refractivity contribution in [3.05, 3.63) is 16.6 Å². The molecule has 7 heteroatoms. The van der Waals surface area contributed by atoms with E-state index in [0.29, 0.717) is 19.5 Å². The summed E-state index contributed by atoms with van der Waals surface area (Å²) in [5.74, 6) is 0.0257. The summed E-state index contributed by atoms with van der Waals surface area (Å²) in [6, 6.07) is 0. The first kappa shape index (κ1) is 11.6. The van der Waals surface area contributed by atoms with Crippen LogP contribution in [0.1, 0.15) is 11.4 Å². The lowest BCUT2D eigenvalue weighted by atomic mass is 10.5. The van der Waals surface area contributed by atoms with Crippen molar-refractivity contribution in [2.45, 2.75) is 13.0 Å². The molecule has 1 aromatic heterocycles. The highest BCUT2D eigenvalue weighted by Gasteiger charge is 2.01. The molecule has 0 aliphatic heterocycles. The zero-order chi connectivity index (χ0) is 10.4. The Balaban J connectivity index is 2.06. The van der Waals surface area contributed by atoms with E-state index in [2.05, 4.69) is 10.3 Å². The summed E-state index contributed by atoms with van der Waals surface area (Å²) < 4.78 is 21.1. The number of aromatic nitrogens is 1. The monoisotopic (exact) mass is 235 g/mol. The highest BCUT2D eigenvalue weighted by Crippen LogP contribution is 2.02. The van der Waals surface area contributed by atoms with Crippen molar-refractivity contribution in [1.29, 1.82) is 0 Å². The van der Waals surface area contributed by atoms with Crippen LogP contribution in [0.2, 0.25) is 0 Å². The molecule has 0 amide bonds. The van der Waals surface area contributed by atoms with Crippen LogP contribution in [-0.4, -0.2) is 25.7 Å². The molecule has 14 heavy (non-hydrogen) atoms. The summed E-state index contributed by atoms with van der Waals surface area (Å²) in [5, 5.41) is 10.8. The Morgan fingerprint density at radius 2 is 2.36 bits per heavy atom. The summed E-state index contributed by atoms with van der Waals surface area (Å²) in [4.78, 5) is 4.08. The summed E-state index contributed by atoms with van der Waals surface area (Å²) >= 11 is 1.57. The number of sulfonamides is 1. The van der Waals surface area contributed by atoms with E-state index in [4.69, 9.17) is 5.14 Å². The molecular formula is C7H13N3O2S2. The van der Waals surface area contributed by atoms with E-state index in [-0.39, 0.29) is 5.75 Å². The van der Waals surface area contributed by atoms with Crippen molar-refractivity contribution in [1.82, 2.24) is 10.3 Å². The minimum atomic E-state index is -3.31. The molecule has 0 radical (unpaired) electrons. The Labute approximate surface area is 87.4 Å². The second kappa shape index (κ2) is 5.40. The van der Waals surface area contributed by atoms with E-state index >= 15 is 0 Å². The molecule has 3 N–H and O–H groups in total. The van der Waals surface area contributed by atoms with Gasteiger partial charge >= 0.3 is 0 Å².